The molecule has 0 radical (unpaired) electrons. The van der Waals surface area contributed by atoms with E-state index in [0.717, 1.165) is 22.9 Å². The molecular formula is C22H25NO. The van der Waals surface area contributed by atoms with Crippen LogP contribution in [0.3, 0.4) is 0 Å². The molecule has 0 aromatic heterocycles. The summed E-state index contributed by atoms with van der Waals surface area (Å²) in [5.74, 6) is -0.0759. The predicted octanol–water partition coefficient (Wildman–Crippen LogP) is 5.86. The second-order valence-electron chi connectivity index (χ2n) is 7.28. The number of carbonyl (C=O) groups excluding carboxylic acids is 1. The second-order valence-corrected chi connectivity index (χ2v) is 7.28. The van der Waals surface area contributed by atoms with Crippen LogP contribution in [0.1, 0.15) is 40.0 Å². The third kappa shape index (κ3) is 3.43. The van der Waals surface area contributed by atoms with E-state index in [0.29, 0.717) is 0 Å². The van der Waals surface area contributed by atoms with Gasteiger partial charge in [0.2, 0.25) is 5.91 Å². The lowest BCUT2D eigenvalue weighted by Gasteiger charge is -2.32. The lowest BCUT2D eigenvalue weighted by atomic mass is 9.72. The van der Waals surface area contributed by atoms with Crippen molar-refractivity contribution in [2.24, 2.45) is 5.41 Å². The number of anilines is 1. The first-order valence-electron chi connectivity index (χ1n) is 8.64. The van der Waals surface area contributed by atoms with Crippen LogP contribution in [-0.2, 0) is 4.79 Å². The van der Waals surface area contributed by atoms with E-state index in [2.05, 4.69) is 38.2 Å². The zero-order valence-electron chi connectivity index (χ0n) is 14.7. The number of fused-ring (bicyclic) bond motifs is 1. The van der Waals surface area contributed by atoms with Crippen LogP contribution >= 0.6 is 0 Å². The minimum absolute atomic E-state index is 0.0759. The Morgan fingerprint density at radius 2 is 1.88 bits per heavy atom. The average Bonchev–Trinajstić information content (AvgIpc) is 2.54. The summed E-state index contributed by atoms with van der Waals surface area (Å²) in [6, 6.07) is 14.1. The summed E-state index contributed by atoms with van der Waals surface area (Å²) in [7, 11) is 0. The molecule has 0 bridgehead atoms. The van der Waals surface area contributed by atoms with Crippen LogP contribution in [0.25, 0.3) is 10.8 Å². The molecule has 0 atom stereocenters. The number of nitrogens with one attached hydrogen (secondary N) is 1. The molecule has 0 saturated carbocycles. The van der Waals surface area contributed by atoms with Crippen molar-refractivity contribution in [2.75, 3.05) is 5.32 Å². The fourth-order valence-corrected chi connectivity index (χ4v) is 3.68. The summed E-state index contributed by atoms with van der Waals surface area (Å²) in [6.07, 6.45) is 7.23. The lowest BCUT2D eigenvalue weighted by molar-refractivity contribution is -0.111. The highest BCUT2D eigenvalue weighted by atomic mass is 16.1. The Balaban J connectivity index is 1.80. The average molecular weight is 319 g/mol. The van der Waals surface area contributed by atoms with Crippen molar-refractivity contribution in [1.29, 1.82) is 0 Å². The molecule has 2 aromatic carbocycles. The van der Waals surface area contributed by atoms with Crippen LogP contribution in [-0.4, -0.2) is 5.91 Å². The molecule has 3 rings (SSSR count). The minimum Gasteiger partial charge on any atom is -0.322 e. The van der Waals surface area contributed by atoms with E-state index in [4.69, 9.17) is 0 Å². The van der Waals surface area contributed by atoms with Gasteiger partial charge >= 0.3 is 0 Å². The third-order valence-electron chi connectivity index (χ3n) is 4.99. The minimum atomic E-state index is -0.0759. The van der Waals surface area contributed by atoms with E-state index >= 15 is 0 Å². The molecule has 0 saturated heterocycles. The maximum Gasteiger partial charge on any atom is 0.248 e. The molecule has 0 spiro atoms. The largest absolute Gasteiger partial charge is 0.322 e. The summed E-state index contributed by atoms with van der Waals surface area (Å²) in [5, 5.41) is 5.21. The topological polar surface area (TPSA) is 29.1 Å². The van der Waals surface area contributed by atoms with Crippen LogP contribution in [0.15, 0.2) is 65.8 Å². The molecule has 24 heavy (non-hydrogen) atoms. The lowest BCUT2D eigenvalue weighted by Crippen LogP contribution is -2.19. The van der Waals surface area contributed by atoms with E-state index in [1.165, 1.54) is 24.0 Å². The number of carbonyl (C=O) groups is 1. The number of amides is 1. The van der Waals surface area contributed by atoms with Gasteiger partial charge in [-0.25, -0.2) is 0 Å². The Labute approximate surface area is 144 Å². The fourth-order valence-electron chi connectivity index (χ4n) is 3.68. The summed E-state index contributed by atoms with van der Waals surface area (Å²) in [4.78, 5) is 12.4. The summed E-state index contributed by atoms with van der Waals surface area (Å²) in [5.41, 5.74) is 3.72. The van der Waals surface area contributed by atoms with Crippen molar-refractivity contribution in [1.82, 2.24) is 0 Å². The molecule has 124 valence electrons. The second kappa shape index (κ2) is 6.64. The normalized spacial score (nSPS) is 17.5. The number of allylic oxidation sites excluding steroid dienone is 3. The third-order valence-corrected chi connectivity index (χ3v) is 4.99. The molecule has 1 amide bonds. The standard InChI is InChI=1S/C22H25NO/c1-16-8-7-15-22(2,3)19(16)13-14-21(24)23-20-12-6-10-17-9-4-5-11-18(17)20/h4-6,9-14H,7-8,15H2,1-3H3,(H,23,24)/b14-13+. The number of benzene rings is 2. The number of hydrogen-bond donors (Lipinski definition) is 1. The molecule has 0 heterocycles. The van der Waals surface area contributed by atoms with Gasteiger partial charge < -0.3 is 5.32 Å². The number of rotatable bonds is 3. The van der Waals surface area contributed by atoms with E-state index < -0.39 is 0 Å². The van der Waals surface area contributed by atoms with Gasteiger partial charge in [-0.2, -0.15) is 0 Å². The van der Waals surface area contributed by atoms with E-state index in [9.17, 15) is 4.79 Å². The maximum atomic E-state index is 12.4. The fraction of sp³-hybridized carbons (Fsp3) is 0.318. The molecule has 0 aliphatic heterocycles. The van der Waals surface area contributed by atoms with Crippen LogP contribution in [0, 0.1) is 5.41 Å². The van der Waals surface area contributed by atoms with Crippen LogP contribution in [0.4, 0.5) is 5.69 Å². The van der Waals surface area contributed by atoms with Gasteiger partial charge in [-0.1, -0.05) is 61.9 Å². The SMILES string of the molecule is CC1=C(/C=C/C(=O)Nc2cccc3ccccc23)C(C)(C)CCC1. The van der Waals surface area contributed by atoms with Crippen molar-refractivity contribution < 1.29 is 4.79 Å². The van der Waals surface area contributed by atoms with Crippen LogP contribution in [0.5, 0.6) is 0 Å². The van der Waals surface area contributed by atoms with Crippen molar-refractivity contribution in [2.45, 2.75) is 40.0 Å². The van der Waals surface area contributed by atoms with Gasteiger partial charge in [-0.3, -0.25) is 4.79 Å². The highest BCUT2D eigenvalue weighted by Gasteiger charge is 2.26. The molecule has 1 N–H and O–H groups in total. The van der Waals surface area contributed by atoms with Crippen LogP contribution in [0.2, 0.25) is 0 Å². The van der Waals surface area contributed by atoms with E-state index in [-0.39, 0.29) is 11.3 Å². The number of hydrogen-bond acceptors (Lipinski definition) is 1. The van der Waals surface area contributed by atoms with Gasteiger partial charge in [0.1, 0.15) is 0 Å². The van der Waals surface area contributed by atoms with E-state index in [1.807, 2.05) is 36.4 Å². The van der Waals surface area contributed by atoms with Gasteiger partial charge in [0.25, 0.3) is 0 Å². The maximum absolute atomic E-state index is 12.4. The summed E-state index contributed by atoms with van der Waals surface area (Å²) < 4.78 is 0. The Bertz CT molecular complexity index is 821. The van der Waals surface area contributed by atoms with Crippen molar-refractivity contribution >= 4 is 22.4 Å². The first-order valence-corrected chi connectivity index (χ1v) is 8.64. The first kappa shape index (κ1) is 16.5. The van der Waals surface area contributed by atoms with Crippen molar-refractivity contribution in [3.05, 3.63) is 65.8 Å². The Hall–Kier alpha value is -2.35. The molecular weight excluding hydrogens is 294 g/mol. The Morgan fingerprint density at radius 1 is 1.12 bits per heavy atom. The summed E-state index contributed by atoms with van der Waals surface area (Å²) in [6.45, 7) is 6.71. The molecule has 2 nitrogen and oxygen atoms in total. The quantitative estimate of drug-likeness (QED) is 0.705. The van der Waals surface area contributed by atoms with Crippen molar-refractivity contribution in [3.8, 4) is 0 Å². The highest BCUT2D eigenvalue weighted by Crippen LogP contribution is 2.40. The van der Waals surface area contributed by atoms with Crippen molar-refractivity contribution in [3.63, 3.8) is 0 Å². The summed E-state index contributed by atoms with van der Waals surface area (Å²) >= 11 is 0. The Morgan fingerprint density at radius 3 is 2.67 bits per heavy atom. The van der Waals surface area contributed by atoms with Gasteiger partial charge in [0.15, 0.2) is 0 Å². The van der Waals surface area contributed by atoms with Gasteiger partial charge in [0.05, 0.1) is 0 Å². The Kier molecular flexibility index (Phi) is 4.57. The van der Waals surface area contributed by atoms with Gasteiger partial charge in [-0.05, 0) is 48.6 Å². The molecule has 0 fully saturated rings. The monoisotopic (exact) mass is 319 g/mol. The van der Waals surface area contributed by atoms with Crippen LogP contribution < -0.4 is 5.32 Å². The van der Waals surface area contributed by atoms with Gasteiger partial charge in [0, 0.05) is 17.1 Å². The highest BCUT2D eigenvalue weighted by molar-refractivity contribution is 6.06. The molecule has 1 aliphatic rings. The molecule has 0 unspecified atom stereocenters. The zero-order valence-corrected chi connectivity index (χ0v) is 14.7. The molecule has 2 heteroatoms. The predicted molar refractivity (Wildman–Crippen MR) is 102 cm³/mol. The first-order chi connectivity index (χ1) is 11.5. The van der Waals surface area contributed by atoms with E-state index in [1.54, 1.807) is 6.08 Å². The van der Waals surface area contributed by atoms with Gasteiger partial charge in [-0.15, -0.1) is 0 Å². The zero-order chi connectivity index (χ0) is 17.2. The molecule has 1 aliphatic carbocycles. The smallest absolute Gasteiger partial charge is 0.248 e. The molecule has 2 aromatic rings.